The SMILES string of the molecule is COC(=O)CN(Cc1cc(Oc2ccccc2)ccc1C(=O)O)S(=O)(=O)c1ccc(C)cc1. The van der Waals surface area contributed by atoms with Gasteiger partial charge in [-0.3, -0.25) is 4.79 Å². The number of aromatic carboxylic acids is 1. The van der Waals surface area contributed by atoms with Gasteiger partial charge in [-0.25, -0.2) is 13.2 Å². The largest absolute Gasteiger partial charge is 0.478 e. The van der Waals surface area contributed by atoms with Gasteiger partial charge in [-0.2, -0.15) is 4.31 Å². The van der Waals surface area contributed by atoms with Crippen molar-refractivity contribution in [2.75, 3.05) is 13.7 Å². The second-order valence-electron chi connectivity index (χ2n) is 7.20. The molecule has 0 spiro atoms. The third kappa shape index (κ3) is 5.97. The molecule has 0 aliphatic carbocycles. The molecule has 0 radical (unpaired) electrons. The van der Waals surface area contributed by atoms with E-state index in [0.29, 0.717) is 11.5 Å². The minimum Gasteiger partial charge on any atom is -0.478 e. The highest BCUT2D eigenvalue weighted by molar-refractivity contribution is 7.89. The Labute approximate surface area is 192 Å². The van der Waals surface area contributed by atoms with Gasteiger partial charge < -0.3 is 14.6 Å². The van der Waals surface area contributed by atoms with Crippen molar-refractivity contribution in [2.45, 2.75) is 18.4 Å². The van der Waals surface area contributed by atoms with Crippen LogP contribution in [0, 0.1) is 6.92 Å². The molecule has 33 heavy (non-hydrogen) atoms. The monoisotopic (exact) mass is 469 g/mol. The maximum Gasteiger partial charge on any atom is 0.336 e. The number of hydrogen-bond donors (Lipinski definition) is 1. The summed E-state index contributed by atoms with van der Waals surface area (Å²) in [5.41, 5.74) is 0.923. The maximum atomic E-state index is 13.3. The smallest absolute Gasteiger partial charge is 0.336 e. The first kappa shape index (κ1) is 24.0. The quantitative estimate of drug-likeness (QED) is 0.474. The van der Waals surface area contributed by atoms with E-state index in [1.165, 1.54) is 30.3 Å². The number of esters is 1. The lowest BCUT2D eigenvalue weighted by atomic mass is 10.1. The van der Waals surface area contributed by atoms with Crippen molar-refractivity contribution in [1.29, 1.82) is 0 Å². The van der Waals surface area contributed by atoms with E-state index in [1.54, 1.807) is 36.4 Å². The summed E-state index contributed by atoms with van der Waals surface area (Å²) in [6.45, 7) is 0.856. The van der Waals surface area contributed by atoms with Crippen molar-refractivity contribution in [3.8, 4) is 11.5 Å². The molecule has 9 heteroatoms. The van der Waals surface area contributed by atoms with Crippen molar-refractivity contribution in [2.24, 2.45) is 0 Å². The molecule has 3 rings (SSSR count). The Bertz CT molecular complexity index is 1240. The average molecular weight is 470 g/mol. The Kier molecular flexibility index (Phi) is 7.47. The van der Waals surface area contributed by atoms with Crippen LogP contribution in [-0.4, -0.2) is 43.4 Å². The molecular formula is C24H23NO7S. The number of ether oxygens (including phenoxy) is 2. The third-order valence-electron chi connectivity index (χ3n) is 4.82. The molecule has 0 aliphatic heterocycles. The van der Waals surface area contributed by atoms with Gasteiger partial charge in [0, 0.05) is 6.54 Å². The Balaban J connectivity index is 2.01. The van der Waals surface area contributed by atoms with Gasteiger partial charge in [0.2, 0.25) is 10.0 Å². The fourth-order valence-electron chi connectivity index (χ4n) is 3.08. The van der Waals surface area contributed by atoms with Gasteiger partial charge in [0.1, 0.15) is 18.0 Å². The number of methoxy groups -OCH3 is 1. The fourth-order valence-corrected chi connectivity index (χ4v) is 4.44. The molecule has 0 aromatic heterocycles. The summed E-state index contributed by atoms with van der Waals surface area (Å²) >= 11 is 0. The molecule has 1 N–H and O–H groups in total. The van der Waals surface area contributed by atoms with Crippen molar-refractivity contribution in [3.05, 3.63) is 89.5 Å². The number of rotatable bonds is 9. The molecule has 3 aromatic carbocycles. The summed E-state index contributed by atoms with van der Waals surface area (Å²) in [5, 5.41) is 9.64. The minimum atomic E-state index is -4.14. The summed E-state index contributed by atoms with van der Waals surface area (Å²) < 4.78 is 37.9. The van der Waals surface area contributed by atoms with E-state index in [0.717, 1.165) is 17.0 Å². The van der Waals surface area contributed by atoms with Gasteiger partial charge in [0.15, 0.2) is 0 Å². The number of para-hydroxylation sites is 1. The van der Waals surface area contributed by atoms with Gasteiger partial charge in [0.25, 0.3) is 0 Å². The number of benzene rings is 3. The van der Waals surface area contributed by atoms with E-state index >= 15 is 0 Å². The summed E-state index contributed by atoms with van der Waals surface area (Å²) in [6, 6.07) is 19.3. The lowest BCUT2D eigenvalue weighted by Gasteiger charge is -2.22. The van der Waals surface area contributed by atoms with Gasteiger partial charge in [0.05, 0.1) is 17.6 Å². The van der Waals surface area contributed by atoms with E-state index < -0.39 is 28.5 Å². The van der Waals surface area contributed by atoms with E-state index in [2.05, 4.69) is 4.74 Å². The van der Waals surface area contributed by atoms with Crippen LogP contribution in [-0.2, 0) is 26.1 Å². The number of carbonyl (C=O) groups excluding carboxylic acids is 1. The first-order valence-electron chi connectivity index (χ1n) is 9.93. The number of sulfonamides is 1. The summed E-state index contributed by atoms with van der Waals surface area (Å²) in [7, 11) is -2.99. The van der Waals surface area contributed by atoms with Crippen LogP contribution in [0.5, 0.6) is 11.5 Å². The zero-order valence-corrected chi connectivity index (χ0v) is 18.9. The topological polar surface area (TPSA) is 110 Å². The second kappa shape index (κ2) is 10.3. The molecule has 172 valence electrons. The molecule has 0 amide bonds. The standard InChI is InChI=1S/C24H23NO7S/c1-17-8-11-21(12-9-17)33(29,30)25(16-23(26)31-2)15-18-14-20(10-13-22(18)24(27)28)32-19-6-4-3-5-7-19/h3-14H,15-16H2,1-2H3,(H,27,28). The minimum absolute atomic E-state index is 0.0226. The third-order valence-corrected chi connectivity index (χ3v) is 6.63. The number of aryl methyl sites for hydroxylation is 1. The number of carbonyl (C=O) groups is 2. The van der Waals surface area contributed by atoms with Gasteiger partial charge >= 0.3 is 11.9 Å². The van der Waals surface area contributed by atoms with Crippen LogP contribution >= 0.6 is 0 Å². The molecule has 0 heterocycles. The molecule has 0 aliphatic rings. The van der Waals surface area contributed by atoms with Crippen LogP contribution in [0.25, 0.3) is 0 Å². The molecule has 0 fully saturated rings. The van der Waals surface area contributed by atoms with E-state index in [9.17, 15) is 23.1 Å². The van der Waals surface area contributed by atoms with E-state index in [1.807, 2.05) is 13.0 Å². The normalized spacial score (nSPS) is 11.2. The molecule has 3 aromatic rings. The Morgan fingerprint density at radius 3 is 2.21 bits per heavy atom. The van der Waals surface area contributed by atoms with Crippen molar-refractivity contribution >= 4 is 22.0 Å². The van der Waals surface area contributed by atoms with Crippen LogP contribution in [0.4, 0.5) is 0 Å². The second-order valence-corrected chi connectivity index (χ2v) is 9.14. The summed E-state index contributed by atoms with van der Waals surface area (Å²) in [6.07, 6.45) is 0. The molecule has 0 unspecified atom stereocenters. The Morgan fingerprint density at radius 2 is 1.61 bits per heavy atom. The van der Waals surface area contributed by atoms with Crippen molar-refractivity contribution < 1.29 is 32.6 Å². The molecule has 0 bridgehead atoms. The predicted octanol–water partition coefficient (Wildman–Crippen LogP) is 3.85. The van der Waals surface area contributed by atoms with Crippen LogP contribution in [0.3, 0.4) is 0 Å². The fraction of sp³-hybridized carbons (Fsp3) is 0.167. The Morgan fingerprint density at radius 1 is 0.939 bits per heavy atom. The average Bonchev–Trinajstić information content (AvgIpc) is 2.79. The highest BCUT2D eigenvalue weighted by atomic mass is 32.2. The number of nitrogens with zero attached hydrogens (tertiary/aromatic N) is 1. The van der Waals surface area contributed by atoms with Crippen LogP contribution in [0.1, 0.15) is 21.5 Å². The maximum absolute atomic E-state index is 13.3. The van der Waals surface area contributed by atoms with E-state index in [-0.39, 0.29) is 22.6 Å². The lowest BCUT2D eigenvalue weighted by Crippen LogP contribution is -2.36. The first-order valence-corrected chi connectivity index (χ1v) is 11.4. The highest BCUT2D eigenvalue weighted by Crippen LogP contribution is 2.27. The predicted molar refractivity (Wildman–Crippen MR) is 121 cm³/mol. The lowest BCUT2D eigenvalue weighted by molar-refractivity contribution is -0.140. The zero-order chi connectivity index (χ0) is 24.0. The zero-order valence-electron chi connectivity index (χ0n) is 18.1. The van der Waals surface area contributed by atoms with Crippen molar-refractivity contribution in [3.63, 3.8) is 0 Å². The first-order chi connectivity index (χ1) is 15.7. The van der Waals surface area contributed by atoms with E-state index in [4.69, 9.17) is 4.74 Å². The molecule has 8 nitrogen and oxygen atoms in total. The summed E-state index contributed by atoms with van der Waals surface area (Å²) in [4.78, 5) is 23.8. The van der Waals surface area contributed by atoms with Crippen LogP contribution in [0.15, 0.2) is 77.7 Å². The number of carboxylic acid groups (broad SMARTS) is 1. The van der Waals surface area contributed by atoms with Crippen molar-refractivity contribution in [1.82, 2.24) is 4.31 Å². The molecule has 0 saturated carbocycles. The van der Waals surface area contributed by atoms with Crippen LogP contribution < -0.4 is 4.74 Å². The summed E-state index contributed by atoms with van der Waals surface area (Å²) in [5.74, 6) is -1.15. The van der Waals surface area contributed by atoms with Gasteiger partial charge in [-0.05, 0) is 55.0 Å². The molecular weight excluding hydrogens is 446 g/mol. The molecule has 0 saturated heterocycles. The number of carboxylic acids is 1. The van der Waals surface area contributed by atoms with Gasteiger partial charge in [-0.15, -0.1) is 0 Å². The highest BCUT2D eigenvalue weighted by Gasteiger charge is 2.29. The van der Waals surface area contributed by atoms with Gasteiger partial charge in [-0.1, -0.05) is 35.9 Å². The van der Waals surface area contributed by atoms with Crippen LogP contribution in [0.2, 0.25) is 0 Å². The Hall–Kier alpha value is -3.69. The number of hydrogen-bond acceptors (Lipinski definition) is 6. The molecule has 0 atom stereocenters.